The van der Waals surface area contributed by atoms with Crippen molar-refractivity contribution in [3.05, 3.63) is 42.4 Å². The van der Waals surface area contributed by atoms with Gasteiger partial charge < -0.3 is 15.4 Å². The quantitative estimate of drug-likeness (QED) is 0.740. The van der Waals surface area contributed by atoms with E-state index in [0.29, 0.717) is 5.56 Å². The SMILES string of the molecule is Cn1cnc2cc(-c3ccnc(N)c3C(=O)O)ccc21. The van der Waals surface area contributed by atoms with Crippen molar-refractivity contribution in [1.29, 1.82) is 0 Å². The lowest BCUT2D eigenvalue weighted by Gasteiger charge is -2.08. The normalized spacial score (nSPS) is 10.8. The molecular weight excluding hydrogens is 256 g/mol. The lowest BCUT2D eigenvalue weighted by atomic mass is 10.0. The average molecular weight is 268 g/mol. The number of anilines is 1. The van der Waals surface area contributed by atoms with Crippen LogP contribution in [0.5, 0.6) is 0 Å². The number of nitrogens with two attached hydrogens (primary N) is 1. The van der Waals surface area contributed by atoms with E-state index in [1.54, 1.807) is 12.4 Å². The first-order chi connectivity index (χ1) is 9.58. The highest BCUT2D eigenvalue weighted by Crippen LogP contribution is 2.28. The number of aromatic carboxylic acids is 1. The first-order valence-corrected chi connectivity index (χ1v) is 5.97. The average Bonchev–Trinajstić information content (AvgIpc) is 2.79. The first-order valence-electron chi connectivity index (χ1n) is 5.97. The number of pyridine rings is 1. The highest BCUT2D eigenvalue weighted by molar-refractivity contribution is 6.01. The molecule has 0 aliphatic heterocycles. The zero-order valence-electron chi connectivity index (χ0n) is 10.7. The number of benzene rings is 1. The van der Waals surface area contributed by atoms with Crippen molar-refractivity contribution >= 4 is 22.8 Å². The number of carboxylic acid groups (broad SMARTS) is 1. The van der Waals surface area contributed by atoms with Crippen LogP contribution in [0.25, 0.3) is 22.2 Å². The number of rotatable bonds is 2. The molecule has 0 saturated carbocycles. The molecule has 3 N–H and O–H groups in total. The Morgan fingerprint density at radius 3 is 2.85 bits per heavy atom. The Morgan fingerprint density at radius 2 is 2.10 bits per heavy atom. The van der Waals surface area contributed by atoms with Crippen LogP contribution in [0.4, 0.5) is 5.82 Å². The monoisotopic (exact) mass is 268 g/mol. The topological polar surface area (TPSA) is 94.0 Å². The van der Waals surface area contributed by atoms with Gasteiger partial charge in [-0.05, 0) is 23.8 Å². The van der Waals surface area contributed by atoms with Gasteiger partial charge in [0, 0.05) is 18.8 Å². The van der Waals surface area contributed by atoms with Crippen LogP contribution >= 0.6 is 0 Å². The van der Waals surface area contributed by atoms with E-state index >= 15 is 0 Å². The molecule has 0 aliphatic rings. The number of carbonyl (C=O) groups is 1. The molecule has 0 fully saturated rings. The number of hydrogen-bond acceptors (Lipinski definition) is 4. The molecule has 2 heterocycles. The van der Waals surface area contributed by atoms with Gasteiger partial charge in [-0.1, -0.05) is 6.07 Å². The van der Waals surface area contributed by atoms with Crippen molar-refractivity contribution in [2.24, 2.45) is 7.05 Å². The van der Waals surface area contributed by atoms with Crippen LogP contribution in [0.2, 0.25) is 0 Å². The van der Waals surface area contributed by atoms with Crippen LogP contribution in [0, 0.1) is 0 Å². The van der Waals surface area contributed by atoms with Crippen LogP contribution in [-0.2, 0) is 7.05 Å². The van der Waals surface area contributed by atoms with Gasteiger partial charge in [-0.15, -0.1) is 0 Å². The molecule has 100 valence electrons. The summed E-state index contributed by atoms with van der Waals surface area (Å²) in [6, 6.07) is 7.24. The molecule has 0 unspecified atom stereocenters. The third-order valence-electron chi connectivity index (χ3n) is 3.23. The van der Waals surface area contributed by atoms with Crippen molar-refractivity contribution in [2.75, 3.05) is 5.73 Å². The second-order valence-electron chi connectivity index (χ2n) is 4.48. The molecule has 0 atom stereocenters. The second-order valence-corrected chi connectivity index (χ2v) is 4.48. The molecule has 6 nitrogen and oxygen atoms in total. The largest absolute Gasteiger partial charge is 0.478 e. The molecule has 6 heteroatoms. The summed E-state index contributed by atoms with van der Waals surface area (Å²) in [6.07, 6.45) is 3.22. The number of fused-ring (bicyclic) bond motifs is 1. The molecule has 3 aromatic rings. The fourth-order valence-corrected chi connectivity index (χ4v) is 2.25. The summed E-state index contributed by atoms with van der Waals surface area (Å²) in [5, 5.41) is 9.29. The number of aromatic nitrogens is 3. The maximum atomic E-state index is 11.3. The Balaban J connectivity index is 2.25. The fourth-order valence-electron chi connectivity index (χ4n) is 2.25. The van der Waals surface area contributed by atoms with Crippen molar-refractivity contribution in [2.45, 2.75) is 0 Å². The first kappa shape index (κ1) is 12.2. The predicted octanol–water partition coefficient (Wildman–Crippen LogP) is 1.92. The van der Waals surface area contributed by atoms with E-state index in [1.165, 1.54) is 6.20 Å². The Kier molecular flexibility index (Phi) is 2.64. The smallest absolute Gasteiger partial charge is 0.340 e. The molecular formula is C14H12N4O2. The van der Waals surface area contributed by atoms with E-state index in [4.69, 9.17) is 5.73 Å². The third kappa shape index (κ3) is 1.78. The maximum Gasteiger partial charge on any atom is 0.340 e. The number of nitrogens with zero attached hydrogens (tertiary/aromatic N) is 3. The minimum absolute atomic E-state index is 0.0103. The second kappa shape index (κ2) is 4.34. The van der Waals surface area contributed by atoms with Crippen LogP contribution in [0.15, 0.2) is 36.8 Å². The third-order valence-corrected chi connectivity index (χ3v) is 3.23. The van der Waals surface area contributed by atoms with Crippen LogP contribution in [0.3, 0.4) is 0 Å². The molecule has 0 saturated heterocycles. The van der Waals surface area contributed by atoms with Crippen LogP contribution in [-0.4, -0.2) is 25.6 Å². The summed E-state index contributed by atoms with van der Waals surface area (Å²) in [6.45, 7) is 0. The fraction of sp³-hybridized carbons (Fsp3) is 0.0714. The minimum Gasteiger partial charge on any atom is -0.478 e. The zero-order chi connectivity index (χ0) is 14.3. The maximum absolute atomic E-state index is 11.3. The summed E-state index contributed by atoms with van der Waals surface area (Å²) in [4.78, 5) is 19.4. The summed E-state index contributed by atoms with van der Waals surface area (Å²) in [5.74, 6) is -1.08. The molecule has 0 spiro atoms. The molecule has 3 rings (SSSR count). The van der Waals surface area contributed by atoms with Gasteiger partial charge in [0.1, 0.15) is 11.4 Å². The standard InChI is InChI=1S/C14H12N4O2/c1-18-7-17-10-6-8(2-3-11(10)18)9-4-5-16-13(15)12(9)14(19)20/h2-7H,1H3,(H2,15,16)(H,19,20). The molecule has 0 bridgehead atoms. The zero-order valence-corrected chi connectivity index (χ0v) is 10.7. The van der Waals surface area contributed by atoms with Crippen LogP contribution in [0.1, 0.15) is 10.4 Å². The van der Waals surface area contributed by atoms with Gasteiger partial charge in [0.2, 0.25) is 0 Å². The molecule has 0 amide bonds. The van der Waals surface area contributed by atoms with Crippen molar-refractivity contribution in [3.63, 3.8) is 0 Å². The predicted molar refractivity (Wildman–Crippen MR) is 75.3 cm³/mol. The van der Waals surface area contributed by atoms with Crippen molar-refractivity contribution in [3.8, 4) is 11.1 Å². The van der Waals surface area contributed by atoms with Crippen molar-refractivity contribution in [1.82, 2.24) is 14.5 Å². The Bertz CT molecular complexity index is 823. The van der Waals surface area contributed by atoms with Gasteiger partial charge in [-0.3, -0.25) is 0 Å². The van der Waals surface area contributed by atoms with E-state index in [2.05, 4.69) is 9.97 Å². The van der Waals surface area contributed by atoms with Crippen LogP contribution < -0.4 is 5.73 Å². The van der Waals surface area contributed by atoms with Crippen molar-refractivity contribution < 1.29 is 9.90 Å². The summed E-state index contributed by atoms with van der Waals surface area (Å²) >= 11 is 0. The number of hydrogen-bond donors (Lipinski definition) is 2. The van der Waals surface area contributed by atoms with E-state index in [-0.39, 0.29) is 11.4 Å². The van der Waals surface area contributed by atoms with Gasteiger partial charge >= 0.3 is 5.97 Å². The number of nitrogen functional groups attached to an aromatic ring is 1. The van der Waals surface area contributed by atoms with Gasteiger partial charge in [-0.2, -0.15) is 0 Å². The van der Waals surface area contributed by atoms with E-state index in [0.717, 1.165) is 16.6 Å². The Hall–Kier alpha value is -2.89. The lowest BCUT2D eigenvalue weighted by Crippen LogP contribution is -2.06. The highest BCUT2D eigenvalue weighted by Gasteiger charge is 2.16. The molecule has 1 aromatic carbocycles. The molecule has 0 aliphatic carbocycles. The molecule has 20 heavy (non-hydrogen) atoms. The summed E-state index contributed by atoms with van der Waals surface area (Å²) in [5.41, 5.74) is 8.75. The molecule has 0 radical (unpaired) electrons. The summed E-state index contributed by atoms with van der Waals surface area (Å²) in [7, 11) is 1.90. The van der Waals surface area contributed by atoms with Gasteiger partial charge in [0.25, 0.3) is 0 Å². The Morgan fingerprint density at radius 1 is 1.30 bits per heavy atom. The minimum atomic E-state index is -1.09. The Labute approximate surface area is 114 Å². The lowest BCUT2D eigenvalue weighted by molar-refractivity contribution is 0.0698. The van der Waals surface area contributed by atoms with Gasteiger partial charge in [0.15, 0.2) is 0 Å². The summed E-state index contributed by atoms with van der Waals surface area (Å²) < 4.78 is 1.90. The van der Waals surface area contributed by atoms with Gasteiger partial charge in [0.05, 0.1) is 17.4 Å². The number of imidazole rings is 1. The highest BCUT2D eigenvalue weighted by atomic mass is 16.4. The van der Waals surface area contributed by atoms with E-state index < -0.39 is 5.97 Å². The molecule has 2 aromatic heterocycles. The number of aryl methyl sites for hydroxylation is 1. The van der Waals surface area contributed by atoms with E-state index in [1.807, 2.05) is 29.8 Å². The number of carboxylic acids is 1. The van der Waals surface area contributed by atoms with E-state index in [9.17, 15) is 9.90 Å². The van der Waals surface area contributed by atoms with Gasteiger partial charge in [-0.25, -0.2) is 14.8 Å².